The fourth-order valence-corrected chi connectivity index (χ4v) is 5.79. The molecule has 5 heteroatoms. The summed E-state index contributed by atoms with van der Waals surface area (Å²) in [5.41, 5.74) is 1.46. The van der Waals surface area contributed by atoms with E-state index in [-0.39, 0.29) is 11.8 Å². The quantitative estimate of drug-likeness (QED) is 0.881. The molecular weight excluding hydrogens is 332 g/mol. The van der Waals surface area contributed by atoms with Crippen molar-refractivity contribution in [2.24, 2.45) is 0 Å². The van der Waals surface area contributed by atoms with Gasteiger partial charge in [-0.1, -0.05) is 57.0 Å². The zero-order chi connectivity index (χ0) is 17.9. The van der Waals surface area contributed by atoms with Gasteiger partial charge >= 0.3 is 0 Å². The highest BCUT2D eigenvalue weighted by Gasteiger charge is 2.41. The minimum atomic E-state index is -3.39. The molecule has 1 aliphatic heterocycles. The zero-order valence-electron chi connectivity index (χ0n) is 14.9. The largest absolute Gasteiger partial charge is 0.300 e. The van der Waals surface area contributed by atoms with Crippen molar-refractivity contribution >= 4 is 9.84 Å². The van der Waals surface area contributed by atoms with Crippen molar-refractivity contribution in [3.05, 3.63) is 59.9 Å². The monoisotopic (exact) mass is 358 g/mol. The fourth-order valence-electron chi connectivity index (χ4n) is 3.70. The van der Waals surface area contributed by atoms with Crippen molar-refractivity contribution in [2.45, 2.75) is 56.0 Å². The summed E-state index contributed by atoms with van der Waals surface area (Å²) in [6.07, 6.45) is 6.87. The molecule has 134 valence electrons. The highest BCUT2D eigenvalue weighted by molar-refractivity contribution is 7.91. The molecule has 0 bridgehead atoms. The number of rotatable bonds is 5. The first kappa shape index (κ1) is 18.1. The predicted molar refractivity (Wildman–Crippen MR) is 100 cm³/mol. The van der Waals surface area contributed by atoms with Gasteiger partial charge in [-0.2, -0.15) is 0 Å². The van der Waals surface area contributed by atoms with Crippen molar-refractivity contribution in [3.8, 4) is 0 Å². The van der Waals surface area contributed by atoms with Crippen molar-refractivity contribution in [1.29, 1.82) is 0 Å². The normalized spacial score (nSPS) is 25.1. The molecule has 2 heterocycles. The summed E-state index contributed by atoms with van der Waals surface area (Å²) < 4.78 is 26.3. The van der Waals surface area contributed by atoms with Crippen molar-refractivity contribution in [3.63, 3.8) is 0 Å². The lowest BCUT2D eigenvalue weighted by Gasteiger charge is -2.35. The molecule has 0 radical (unpaired) electrons. The highest BCUT2D eigenvalue weighted by Crippen LogP contribution is 2.37. The van der Waals surface area contributed by atoms with Crippen LogP contribution in [0.25, 0.3) is 0 Å². The van der Waals surface area contributed by atoms with Gasteiger partial charge in [-0.15, -0.1) is 0 Å². The van der Waals surface area contributed by atoms with E-state index in [0.29, 0.717) is 4.90 Å². The third-order valence-electron chi connectivity index (χ3n) is 5.20. The van der Waals surface area contributed by atoms with Crippen LogP contribution in [-0.2, 0) is 9.84 Å². The molecule has 1 aliphatic rings. The standard InChI is InChI=1S/C20H26N2O2S/c1-3-5-12-20(4-2)15-25(23,24)18-14-21-13-11-17(18)19(22-20)16-9-7-6-8-10-16/h6-11,13-14,19,22H,3-5,12,15H2,1-2H3/t19-,20-/m1/s1. The number of pyridine rings is 1. The van der Waals surface area contributed by atoms with E-state index in [1.807, 2.05) is 24.3 Å². The molecule has 2 atom stereocenters. The number of hydrogen-bond donors (Lipinski definition) is 1. The van der Waals surface area contributed by atoms with E-state index >= 15 is 0 Å². The second kappa shape index (κ2) is 7.26. The van der Waals surface area contributed by atoms with Gasteiger partial charge in [-0.05, 0) is 30.0 Å². The average molecular weight is 359 g/mol. The number of hydrogen-bond acceptors (Lipinski definition) is 4. The molecule has 0 unspecified atom stereocenters. The van der Waals surface area contributed by atoms with Gasteiger partial charge in [0.1, 0.15) is 0 Å². The van der Waals surface area contributed by atoms with Gasteiger partial charge in [-0.25, -0.2) is 8.42 Å². The van der Waals surface area contributed by atoms with Crippen LogP contribution < -0.4 is 5.32 Å². The van der Waals surface area contributed by atoms with E-state index in [1.54, 1.807) is 6.20 Å². The van der Waals surface area contributed by atoms with E-state index in [2.05, 4.69) is 36.3 Å². The van der Waals surface area contributed by atoms with Gasteiger partial charge in [0.2, 0.25) is 0 Å². The Hall–Kier alpha value is -1.72. The maximum Gasteiger partial charge on any atom is 0.182 e. The molecule has 25 heavy (non-hydrogen) atoms. The maximum atomic E-state index is 13.1. The van der Waals surface area contributed by atoms with E-state index in [4.69, 9.17) is 0 Å². The van der Waals surface area contributed by atoms with Crippen LogP contribution in [0.4, 0.5) is 0 Å². The summed E-state index contributed by atoms with van der Waals surface area (Å²) in [5.74, 6) is 0.124. The lowest BCUT2D eigenvalue weighted by molar-refractivity contribution is 0.295. The Bertz CT molecular complexity index is 821. The Balaban J connectivity index is 2.17. The van der Waals surface area contributed by atoms with Gasteiger partial charge in [0.05, 0.1) is 16.7 Å². The first-order valence-electron chi connectivity index (χ1n) is 9.00. The first-order chi connectivity index (χ1) is 12.0. The Labute approximate surface area is 150 Å². The van der Waals surface area contributed by atoms with Crippen molar-refractivity contribution in [2.75, 3.05) is 5.75 Å². The average Bonchev–Trinajstić information content (AvgIpc) is 2.74. The summed E-state index contributed by atoms with van der Waals surface area (Å²) in [6.45, 7) is 4.22. The van der Waals surface area contributed by atoms with E-state index < -0.39 is 15.4 Å². The second-order valence-electron chi connectivity index (χ2n) is 6.90. The maximum absolute atomic E-state index is 13.1. The van der Waals surface area contributed by atoms with E-state index in [0.717, 1.165) is 36.8 Å². The lowest BCUT2D eigenvalue weighted by atomic mass is 9.88. The molecule has 0 saturated heterocycles. The summed E-state index contributed by atoms with van der Waals surface area (Å²) in [7, 11) is -3.39. The van der Waals surface area contributed by atoms with Gasteiger partial charge < -0.3 is 0 Å². The van der Waals surface area contributed by atoms with Crippen molar-refractivity contribution < 1.29 is 8.42 Å². The van der Waals surface area contributed by atoms with E-state index in [9.17, 15) is 8.42 Å². The molecule has 4 nitrogen and oxygen atoms in total. The topological polar surface area (TPSA) is 59.1 Å². The molecule has 3 rings (SSSR count). The van der Waals surface area contributed by atoms with Crippen LogP contribution in [0.3, 0.4) is 0 Å². The molecule has 1 N–H and O–H groups in total. The molecule has 0 fully saturated rings. The SMILES string of the molecule is CCCC[C@]1(CC)CS(=O)(=O)c2cnccc2[C@@H](c2ccccc2)N1. The van der Waals surface area contributed by atoms with Crippen LogP contribution in [0.1, 0.15) is 56.7 Å². The van der Waals surface area contributed by atoms with Crippen LogP contribution >= 0.6 is 0 Å². The Kier molecular flexibility index (Phi) is 5.25. The summed E-state index contributed by atoms with van der Waals surface area (Å²) in [5, 5.41) is 3.74. The van der Waals surface area contributed by atoms with Crippen LogP contribution in [0, 0.1) is 0 Å². The molecule has 0 aliphatic carbocycles. The van der Waals surface area contributed by atoms with Crippen molar-refractivity contribution in [1.82, 2.24) is 10.3 Å². The summed E-state index contributed by atoms with van der Waals surface area (Å²) >= 11 is 0. The highest BCUT2D eigenvalue weighted by atomic mass is 32.2. The Morgan fingerprint density at radius 2 is 1.96 bits per heavy atom. The zero-order valence-corrected chi connectivity index (χ0v) is 15.7. The lowest BCUT2D eigenvalue weighted by Crippen LogP contribution is -2.50. The molecule has 1 aromatic heterocycles. The minimum Gasteiger partial charge on any atom is -0.300 e. The van der Waals surface area contributed by atoms with Gasteiger partial charge in [0.25, 0.3) is 0 Å². The third kappa shape index (κ3) is 3.62. The predicted octanol–water partition coefficient (Wildman–Crippen LogP) is 3.89. The smallest absolute Gasteiger partial charge is 0.182 e. The molecule has 0 spiro atoms. The molecule has 1 aromatic carbocycles. The van der Waals surface area contributed by atoms with E-state index in [1.165, 1.54) is 6.20 Å². The Morgan fingerprint density at radius 3 is 2.64 bits per heavy atom. The second-order valence-corrected chi connectivity index (χ2v) is 8.86. The van der Waals surface area contributed by atoms with Crippen LogP contribution in [0.15, 0.2) is 53.7 Å². The molecule has 0 saturated carbocycles. The number of sulfone groups is 1. The van der Waals surface area contributed by atoms with Gasteiger partial charge in [0, 0.05) is 17.9 Å². The number of aromatic nitrogens is 1. The van der Waals surface area contributed by atoms with Gasteiger partial charge in [0.15, 0.2) is 9.84 Å². The molecular formula is C20H26N2O2S. The fraction of sp³-hybridized carbons (Fsp3) is 0.450. The number of nitrogens with zero attached hydrogens (tertiary/aromatic N) is 1. The number of nitrogens with one attached hydrogen (secondary N) is 1. The van der Waals surface area contributed by atoms with Crippen LogP contribution in [0.2, 0.25) is 0 Å². The molecule has 2 aromatic rings. The van der Waals surface area contributed by atoms with Crippen LogP contribution in [-0.4, -0.2) is 24.7 Å². The van der Waals surface area contributed by atoms with Crippen LogP contribution in [0.5, 0.6) is 0 Å². The third-order valence-corrected chi connectivity index (χ3v) is 7.14. The first-order valence-corrected chi connectivity index (χ1v) is 10.7. The Morgan fingerprint density at radius 1 is 1.20 bits per heavy atom. The summed E-state index contributed by atoms with van der Waals surface area (Å²) in [6, 6.07) is 11.8. The number of benzene rings is 1. The summed E-state index contributed by atoms with van der Waals surface area (Å²) in [4.78, 5) is 4.46. The number of unbranched alkanes of at least 4 members (excludes halogenated alkanes) is 1. The minimum absolute atomic E-state index is 0.124. The number of fused-ring (bicyclic) bond motifs is 1. The van der Waals surface area contributed by atoms with Gasteiger partial charge in [-0.3, -0.25) is 10.3 Å². The molecule has 0 amide bonds.